The summed E-state index contributed by atoms with van der Waals surface area (Å²) in [6.07, 6.45) is 14.9. The fourth-order valence-electron chi connectivity index (χ4n) is 4.20. The average Bonchev–Trinajstić information content (AvgIpc) is 3.18. The molecule has 0 radical (unpaired) electrons. The molecule has 0 atom stereocenters. The average molecular weight is 276 g/mol. The Morgan fingerprint density at radius 3 is 2.05 bits per heavy atom. The van der Waals surface area contributed by atoms with Crippen molar-refractivity contribution in [3.05, 3.63) is 0 Å². The summed E-state index contributed by atoms with van der Waals surface area (Å²) in [6.45, 7) is 2.20. The number of nitrogens with zero attached hydrogens (tertiary/aromatic N) is 4. The van der Waals surface area contributed by atoms with E-state index in [4.69, 9.17) is 0 Å². The Balaban J connectivity index is 0.000000121. The number of hydrogen-bond acceptors (Lipinski definition) is 4. The van der Waals surface area contributed by atoms with Gasteiger partial charge < -0.3 is 9.80 Å². The molecule has 0 aromatic heterocycles. The molecular weight excluding hydrogens is 248 g/mol. The Kier molecular flexibility index (Phi) is 3.74. The van der Waals surface area contributed by atoms with Crippen molar-refractivity contribution >= 4 is 12.7 Å². The normalized spacial score (nSPS) is 28.7. The molecular formula is C16H28N4. The first-order chi connectivity index (χ1) is 9.64. The summed E-state index contributed by atoms with van der Waals surface area (Å²) >= 11 is 0. The number of likely N-dealkylation sites (N-methyl/N-ethyl adjacent to an activating group) is 2. The van der Waals surface area contributed by atoms with Crippen LogP contribution >= 0.6 is 0 Å². The van der Waals surface area contributed by atoms with Crippen LogP contribution in [0.5, 0.6) is 0 Å². The molecule has 2 saturated carbocycles. The van der Waals surface area contributed by atoms with Crippen LogP contribution in [0.25, 0.3) is 0 Å². The lowest BCUT2D eigenvalue weighted by molar-refractivity contribution is 0.250. The van der Waals surface area contributed by atoms with Gasteiger partial charge in [-0.25, -0.2) is 0 Å². The van der Waals surface area contributed by atoms with Gasteiger partial charge in [0.2, 0.25) is 0 Å². The summed E-state index contributed by atoms with van der Waals surface area (Å²) in [4.78, 5) is 13.4. The Labute approximate surface area is 123 Å². The molecule has 20 heavy (non-hydrogen) atoms. The van der Waals surface area contributed by atoms with Gasteiger partial charge >= 0.3 is 0 Å². The van der Waals surface area contributed by atoms with Gasteiger partial charge in [-0.3, -0.25) is 9.98 Å². The number of hydrogen-bond donors (Lipinski definition) is 0. The smallest absolute Gasteiger partial charge is 0.0855 e. The molecule has 0 aromatic rings. The summed E-state index contributed by atoms with van der Waals surface area (Å²) in [7, 11) is 4.26. The second kappa shape index (κ2) is 5.38. The SMILES string of the molecule is CN1C=NC2(CCCC2)C1.CN1C=NCC12CCCC2. The second-order valence-corrected chi connectivity index (χ2v) is 7.09. The van der Waals surface area contributed by atoms with E-state index >= 15 is 0 Å². The lowest BCUT2D eigenvalue weighted by Crippen LogP contribution is -2.41. The third kappa shape index (κ3) is 2.57. The van der Waals surface area contributed by atoms with Crippen LogP contribution in [0.3, 0.4) is 0 Å². The van der Waals surface area contributed by atoms with Crippen LogP contribution < -0.4 is 0 Å². The van der Waals surface area contributed by atoms with Gasteiger partial charge in [-0.1, -0.05) is 25.7 Å². The van der Waals surface area contributed by atoms with Crippen LogP contribution in [-0.2, 0) is 0 Å². The zero-order valence-electron chi connectivity index (χ0n) is 13.0. The third-order valence-electron chi connectivity index (χ3n) is 5.53. The molecule has 0 bridgehead atoms. The zero-order chi connectivity index (χ0) is 14.1. The summed E-state index contributed by atoms with van der Waals surface area (Å²) in [5, 5.41) is 0. The first-order valence-electron chi connectivity index (χ1n) is 8.13. The van der Waals surface area contributed by atoms with Crippen molar-refractivity contribution in [2.24, 2.45) is 9.98 Å². The van der Waals surface area contributed by atoms with Gasteiger partial charge in [0.15, 0.2) is 0 Å². The van der Waals surface area contributed by atoms with Crippen molar-refractivity contribution in [3.8, 4) is 0 Å². The van der Waals surface area contributed by atoms with Crippen LogP contribution in [0.1, 0.15) is 51.4 Å². The zero-order valence-corrected chi connectivity index (χ0v) is 13.0. The van der Waals surface area contributed by atoms with Gasteiger partial charge in [-0.05, 0) is 25.7 Å². The molecule has 2 aliphatic carbocycles. The standard InChI is InChI=1S/2C8H14N2/c1-10-6-8(9-7-10)4-2-3-5-8;1-10-7-9-6-8(10)4-2-3-5-8/h2*7H,2-6H2,1H3. The monoisotopic (exact) mass is 276 g/mol. The van der Waals surface area contributed by atoms with Crippen molar-refractivity contribution in [3.63, 3.8) is 0 Å². The van der Waals surface area contributed by atoms with Gasteiger partial charge in [0.1, 0.15) is 0 Å². The fourth-order valence-corrected chi connectivity index (χ4v) is 4.20. The highest BCUT2D eigenvalue weighted by molar-refractivity contribution is 5.59. The molecule has 4 heteroatoms. The molecule has 2 spiro atoms. The molecule has 0 unspecified atom stereocenters. The summed E-state index contributed by atoms with van der Waals surface area (Å²) < 4.78 is 0. The van der Waals surface area contributed by atoms with Crippen molar-refractivity contribution in [2.75, 3.05) is 27.2 Å². The minimum Gasteiger partial charge on any atom is -0.364 e. The highest BCUT2D eigenvalue weighted by Gasteiger charge is 2.39. The first kappa shape index (κ1) is 13.9. The number of rotatable bonds is 0. The second-order valence-electron chi connectivity index (χ2n) is 7.09. The van der Waals surface area contributed by atoms with Crippen molar-refractivity contribution in [2.45, 2.75) is 62.4 Å². The molecule has 112 valence electrons. The highest BCUT2D eigenvalue weighted by Crippen LogP contribution is 2.36. The molecule has 0 aromatic carbocycles. The van der Waals surface area contributed by atoms with E-state index in [1.807, 2.05) is 12.7 Å². The maximum Gasteiger partial charge on any atom is 0.0855 e. The van der Waals surface area contributed by atoms with Gasteiger partial charge in [0.25, 0.3) is 0 Å². The van der Waals surface area contributed by atoms with Crippen molar-refractivity contribution in [1.29, 1.82) is 0 Å². The summed E-state index contributed by atoms with van der Waals surface area (Å²) in [5.74, 6) is 0. The molecule has 4 aliphatic rings. The molecule has 4 rings (SSSR count). The molecule has 0 saturated heterocycles. The lowest BCUT2D eigenvalue weighted by Gasteiger charge is -2.30. The maximum absolute atomic E-state index is 4.55. The molecule has 2 aliphatic heterocycles. The van der Waals surface area contributed by atoms with E-state index in [1.165, 1.54) is 51.4 Å². The van der Waals surface area contributed by atoms with E-state index in [1.54, 1.807) is 0 Å². The van der Waals surface area contributed by atoms with E-state index in [2.05, 4.69) is 33.9 Å². The van der Waals surface area contributed by atoms with Crippen molar-refractivity contribution in [1.82, 2.24) is 9.80 Å². The van der Waals surface area contributed by atoms with Crippen LogP contribution in [-0.4, -0.2) is 60.7 Å². The van der Waals surface area contributed by atoms with E-state index in [-0.39, 0.29) is 0 Å². The third-order valence-corrected chi connectivity index (χ3v) is 5.53. The fraction of sp³-hybridized carbons (Fsp3) is 0.875. The largest absolute Gasteiger partial charge is 0.364 e. The Hall–Kier alpha value is -1.06. The van der Waals surface area contributed by atoms with Crippen LogP contribution in [0, 0.1) is 0 Å². The summed E-state index contributed by atoms with van der Waals surface area (Å²) in [5.41, 5.74) is 0.814. The number of aliphatic imine (C=N–C) groups is 2. The van der Waals surface area contributed by atoms with Crippen LogP contribution in [0.15, 0.2) is 9.98 Å². The van der Waals surface area contributed by atoms with Gasteiger partial charge in [0, 0.05) is 20.6 Å². The molecule has 0 amide bonds. The van der Waals surface area contributed by atoms with Gasteiger partial charge in [-0.15, -0.1) is 0 Å². The Morgan fingerprint density at radius 1 is 0.900 bits per heavy atom. The van der Waals surface area contributed by atoms with Crippen LogP contribution in [0.4, 0.5) is 0 Å². The molecule has 0 N–H and O–H groups in total. The van der Waals surface area contributed by atoms with Gasteiger partial charge in [0.05, 0.1) is 30.3 Å². The lowest BCUT2D eigenvalue weighted by atomic mass is 9.98. The van der Waals surface area contributed by atoms with Crippen LogP contribution in [0.2, 0.25) is 0 Å². The summed E-state index contributed by atoms with van der Waals surface area (Å²) in [6, 6.07) is 0. The first-order valence-corrected chi connectivity index (χ1v) is 8.13. The minimum atomic E-state index is 0.356. The quantitative estimate of drug-likeness (QED) is 0.681. The van der Waals surface area contributed by atoms with E-state index in [9.17, 15) is 0 Å². The minimum absolute atomic E-state index is 0.356. The highest BCUT2D eigenvalue weighted by atomic mass is 15.3. The van der Waals surface area contributed by atoms with E-state index in [0.29, 0.717) is 11.1 Å². The van der Waals surface area contributed by atoms with Crippen molar-refractivity contribution < 1.29 is 0 Å². The topological polar surface area (TPSA) is 31.2 Å². The van der Waals surface area contributed by atoms with E-state index < -0.39 is 0 Å². The van der Waals surface area contributed by atoms with Gasteiger partial charge in [-0.2, -0.15) is 0 Å². The molecule has 4 nitrogen and oxygen atoms in total. The predicted molar refractivity (Wildman–Crippen MR) is 84.6 cm³/mol. The maximum atomic E-state index is 4.55. The predicted octanol–water partition coefficient (Wildman–Crippen LogP) is 2.55. The Bertz CT molecular complexity index is 389. The molecule has 2 heterocycles. The molecule has 2 fully saturated rings. The van der Waals surface area contributed by atoms with E-state index in [0.717, 1.165) is 13.1 Å². The Morgan fingerprint density at radius 2 is 1.55 bits per heavy atom.